The topological polar surface area (TPSA) is 92.5 Å². The van der Waals surface area contributed by atoms with Crippen LogP contribution in [0.15, 0.2) is 42.6 Å². The van der Waals surface area contributed by atoms with E-state index >= 15 is 0 Å². The van der Waals surface area contributed by atoms with Crippen molar-refractivity contribution in [3.05, 3.63) is 58.2 Å². The molecule has 4 aromatic rings. The van der Waals surface area contributed by atoms with Gasteiger partial charge in [0.2, 0.25) is 5.13 Å². The average molecular weight is 419 g/mol. The number of aromatic nitrogens is 4. The Morgan fingerprint density at radius 2 is 2.00 bits per heavy atom. The maximum atomic E-state index is 6.22. The second-order valence-electron chi connectivity index (χ2n) is 6.18. The van der Waals surface area contributed by atoms with Gasteiger partial charge in [-0.2, -0.15) is 5.10 Å². The minimum absolute atomic E-state index is 0.0862. The number of halogens is 2. The summed E-state index contributed by atoms with van der Waals surface area (Å²) in [5.41, 5.74) is 9.27. The highest BCUT2D eigenvalue weighted by molar-refractivity contribution is 7.18. The summed E-state index contributed by atoms with van der Waals surface area (Å²) in [6.07, 6.45) is 2.48. The molecule has 2 heterocycles. The Morgan fingerprint density at radius 1 is 1.11 bits per heavy atom. The number of hydrogen-bond acceptors (Lipinski definition) is 6. The summed E-state index contributed by atoms with van der Waals surface area (Å²) in [7, 11) is 0. The first-order valence-electron chi connectivity index (χ1n) is 8.29. The number of anilines is 1. The van der Waals surface area contributed by atoms with Crippen LogP contribution in [0.3, 0.4) is 0 Å². The van der Waals surface area contributed by atoms with E-state index in [-0.39, 0.29) is 6.04 Å². The minimum atomic E-state index is -0.0862. The summed E-state index contributed by atoms with van der Waals surface area (Å²) in [4.78, 5) is 0. The molecule has 0 unspecified atom stereocenters. The predicted octanol–water partition coefficient (Wildman–Crippen LogP) is 4.37. The largest absolute Gasteiger partial charge is 0.359 e. The third-order valence-electron chi connectivity index (χ3n) is 4.11. The molecule has 0 radical (unpaired) electrons. The van der Waals surface area contributed by atoms with Crippen molar-refractivity contribution in [3.8, 4) is 10.6 Å². The molecule has 0 bridgehead atoms. The third-order valence-corrected chi connectivity index (χ3v) is 5.78. The Kier molecular flexibility index (Phi) is 5.27. The van der Waals surface area contributed by atoms with Crippen LogP contribution in [0.25, 0.3) is 21.5 Å². The Hall–Kier alpha value is -2.19. The summed E-state index contributed by atoms with van der Waals surface area (Å²) < 4.78 is 0. The van der Waals surface area contributed by atoms with Crippen LogP contribution in [0, 0.1) is 0 Å². The van der Waals surface area contributed by atoms with E-state index in [4.69, 9.17) is 28.9 Å². The van der Waals surface area contributed by atoms with Crippen molar-refractivity contribution >= 4 is 50.6 Å². The maximum absolute atomic E-state index is 6.22. The van der Waals surface area contributed by atoms with E-state index in [1.807, 2.05) is 30.3 Å². The molecule has 4 rings (SSSR count). The number of benzene rings is 2. The van der Waals surface area contributed by atoms with Crippen molar-refractivity contribution in [3.63, 3.8) is 0 Å². The number of hydrogen-bond donors (Lipinski definition) is 3. The standard InChI is InChI=1S/C18H16Cl2N6S/c19-14-3-1-10(6-15(14)20)5-13(21)9-22-18-26-25-17(27-18)11-2-4-16-12(7-11)8-23-24-16/h1-4,6-8,13H,5,9,21H2,(H,22,26)(H,23,24)/t13-/m1/s1. The number of aromatic amines is 1. The van der Waals surface area contributed by atoms with Crippen LogP contribution in [-0.2, 0) is 6.42 Å². The van der Waals surface area contributed by atoms with Gasteiger partial charge in [0.1, 0.15) is 5.01 Å². The molecule has 138 valence electrons. The van der Waals surface area contributed by atoms with Crippen molar-refractivity contribution in [1.82, 2.24) is 20.4 Å². The van der Waals surface area contributed by atoms with E-state index in [2.05, 4.69) is 25.7 Å². The zero-order valence-electron chi connectivity index (χ0n) is 14.1. The lowest BCUT2D eigenvalue weighted by atomic mass is 10.1. The van der Waals surface area contributed by atoms with Gasteiger partial charge in [-0.25, -0.2) is 0 Å². The molecule has 0 aliphatic heterocycles. The fourth-order valence-corrected chi connectivity index (χ4v) is 3.81. The number of fused-ring (bicyclic) bond motifs is 1. The first-order chi connectivity index (χ1) is 13.1. The summed E-state index contributed by atoms with van der Waals surface area (Å²) >= 11 is 13.5. The normalized spacial score (nSPS) is 12.4. The SMILES string of the molecule is N[C@@H](CNc1nnc(-c2ccc3[nH]ncc3c2)s1)Cc1ccc(Cl)c(Cl)c1. The highest BCUT2D eigenvalue weighted by Gasteiger charge is 2.10. The van der Waals surface area contributed by atoms with Gasteiger partial charge < -0.3 is 11.1 Å². The van der Waals surface area contributed by atoms with E-state index in [0.717, 1.165) is 32.2 Å². The Bertz CT molecular complexity index is 1080. The summed E-state index contributed by atoms with van der Waals surface area (Å²) in [5, 5.41) is 22.4. The van der Waals surface area contributed by atoms with E-state index in [1.165, 1.54) is 11.3 Å². The highest BCUT2D eigenvalue weighted by Crippen LogP contribution is 2.28. The molecular formula is C18H16Cl2N6S. The predicted molar refractivity (Wildman–Crippen MR) is 112 cm³/mol. The lowest BCUT2D eigenvalue weighted by Crippen LogP contribution is -2.31. The van der Waals surface area contributed by atoms with Gasteiger partial charge in [-0.3, -0.25) is 5.10 Å². The van der Waals surface area contributed by atoms with Crippen molar-refractivity contribution in [1.29, 1.82) is 0 Å². The molecule has 0 fully saturated rings. The number of nitrogens with one attached hydrogen (secondary N) is 2. The Morgan fingerprint density at radius 3 is 2.85 bits per heavy atom. The van der Waals surface area contributed by atoms with Crippen molar-refractivity contribution in [2.75, 3.05) is 11.9 Å². The van der Waals surface area contributed by atoms with E-state index in [1.54, 1.807) is 12.3 Å². The first-order valence-corrected chi connectivity index (χ1v) is 9.86. The smallest absolute Gasteiger partial charge is 0.206 e. The van der Waals surface area contributed by atoms with Gasteiger partial charge in [0.25, 0.3) is 0 Å². The molecule has 4 N–H and O–H groups in total. The summed E-state index contributed by atoms with van der Waals surface area (Å²) in [6.45, 7) is 0.579. The molecule has 0 aliphatic rings. The van der Waals surface area contributed by atoms with Crippen LogP contribution in [0.5, 0.6) is 0 Å². The Balaban J connectivity index is 1.38. The zero-order chi connectivity index (χ0) is 18.8. The van der Waals surface area contributed by atoms with Gasteiger partial charge >= 0.3 is 0 Å². The monoisotopic (exact) mass is 418 g/mol. The molecule has 27 heavy (non-hydrogen) atoms. The number of nitrogens with two attached hydrogens (primary N) is 1. The average Bonchev–Trinajstić information content (AvgIpc) is 3.31. The lowest BCUT2D eigenvalue weighted by Gasteiger charge is -2.12. The van der Waals surface area contributed by atoms with Crippen molar-refractivity contribution in [2.24, 2.45) is 5.73 Å². The molecule has 0 saturated carbocycles. The van der Waals surface area contributed by atoms with Crippen LogP contribution in [0.4, 0.5) is 5.13 Å². The molecule has 2 aromatic carbocycles. The fraction of sp³-hybridized carbons (Fsp3) is 0.167. The molecule has 0 spiro atoms. The fourth-order valence-electron chi connectivity index (χ4n) is 2.75. The van der Waals surface area contributed by atoms with Crippen molar-refractivity contribution < 1.29 is 0 Å². The van der Waals surface area contributed by atoms with Gasteiger partial charge in [-0.15, -0.1) is 10.2 Å². The van der Waals surface area contributed by atoms with Crippen LogP contribution >= 0.6 is 34.5 Å². The number of rotatable bonds is 6. The molecule has 9 heteroatoms. The van der Waals surface area contributed by atoms with Gasteiger partial charge in [-0.05, 0) is 42.3 Å². The minimum Gasteiger partial charge on any atom is -0.359 e. The van der Waals surface area contributed by atoms with Gasteiger partial charge in [0.15, 0.2) is 0 Å². The zero-order valence-corrected chi connectivity index (χ0v) is 16.4. The molecule has 0 saturated heterocycles. The molecule has 0 amide bonds. The van der Waals surface area contributed by atoms with Crippen LogP contribution in [-0.4, -0.2) is 33.0 Å². The van der Waals surface area contributed by atoms with Crippen LogP contribution in [0.2, 0.25) is 10.0 Å². The van der Waals surface area contributed by atoms with Gasteiger partial charge in [-0.1, -0.05) is 40.6 Å². The Labute approximate surface area is 169 Å². The number of H-pyrrole nitrogens is 1. The molecule has 6 nitrogen and oxygen atoms in total. The first kappa shape index (κ1) is 18.2. The summed E-state index contributed by atoms with van der Waals surface area (Å²) in [5.74, 6) is 0. The van der Waals surface area contributed by atoms with E-state index in [9.17, 15) is 0 Å². The van der Waals surface area contributed by atoms with Crippen LogP contribution < -0.4 is 11.1 Å². The van der Waals surface area contributed by atoms with E-state index in [0.29, 0.717) is 23.0 Å². The molecule has 1 atom stereocenters. The van der Waals surface area contributed by atoms with Gasteiger partial charge in [0, 0.05) is 23.5 Å². The number of nitrogens with zero attached hydrogens (tertiary/aromatic N) is 3. The molecule has 0 aliphatic carbocycles. The third kappa shape index (κ3) is 4.22. The summed E-state index contributed by atoms with van der Waals surface area (Å²) in [6, 6.07) is 11.5. The highest BCUT2D eigenvalue weighted by atomic mass is 35.5. The quantitative estimate of drug-likeness (QED) is 0.432. The molecule has 2 aromatic heterocycles. The lowest BCUT2D eigenvalue weighted by molar-refractivity contribution is 0.698. The van der Waals surface area contributed by atoms with E-state index < -0.39 is 0 Å². The van der Waals surface area contributed by atoms with Crippen LogP contribution in [0.1, 0.15) is 5.56 Å². The van der Waals surface area contributed by atoms with Crippen molar-refractivity contribution in [2.45, 2.75) is 12.5 Å². The molecular weight excluding hydrogens is 403 g/mol. The maximum Gasteiger partial charge on any atom is 0.206 e. The second kappa shape index (κ2) is 7.82. The van der Waals surface area contributed by atoms with Gasteiger partial charge in [0.05, 0.1) is 21.8 Å². The second-order valence-corrected chi connectivity index (χ2v) is 7.97.